The number of rotatable bonds is 5. The average Bonchev–Trinajstić information content (AvgIpc) is 2.34. The third kappa shape index (κ3) is 4.37. The highest BCUT2D eigenvalue weighted by Gasteiger charge is 2.36. The summed E-state index contributed by atoms with van der Waals surface area (Å²) in [5.41, 5.74) is 4.72. The Kier molecular flexibility index (Phi) is 5.64. The van der Waals surface area contributed by atoms with E-state index in [1.165, 1.54) is 12.1 Å². The van der Waals surface area contributed by atoms with E-state index in [1.807, 2.05) is 6.92 Å². The summed E-state index contributed by atoms with van der Waals surface area (Å²) in [7, 11) is 0. The number of aliphatic hydroxyl groups excluding tert-OH is 1. The van der Waals surface area contributed by atoms with Gasteiger partial charge in [0.2, 0.25) is 0 Å². The molecule has 1 aromatic rings. The summed E-state index contributed by atoms with van der Waals surface area (Å²) in [5, 5.41) is 9.83. The maximum Gasteiger partial charge on any atom is 0.416 e. The first-order valence-corrected chi connectivity index (χ1v) is 6.45. The van der Waals surface area contributed by atoms with Gasteiger partial charge >= 0.3 is 6.18 Å². The predicted octanol–water partition coefficient (Wildman–Crippen LogP) is 3.91. The summed E-state index contributed by atoms with van der Waals surface area (Å²) in [4.78, 5) is 0. The highest BCUT2D eigenvalue weighted by molar-refractivity contribution is 6.30. The van der Waals surface area contributed by atoms with Crippen LogP contribution in [0.4, 0.5) is 13.2 Å². The molecule has 2 nitrogen and oxygen atoms in total. The Labute approximate surface area is 115 Å². The Hall–Kier alpha value is -0.780. The van der Waals surface area contributed by atoms with Gasteiger partial charge in [0.05, 0.1) is 17.7 Å². The van der Waals surface area contributed by atoms with Gasteiger partial charge in [0.1, 0.15) is 0 Å². The Balaban J connectivity index is 3.05. The van der Waals surface area contributed by atoms with Gasteiger partial charge in [0, 0.05) is 5.02 Å². The van der Waals surface area contributed by atoms with Crippen molar-refractivity contribution in [3.63, 3.8) is 0 Å². The smallest absolute Gasteiger partial charge is 0.391 e. The van der Waals surface area contributed by atoms with Gasteiger partial charge in [0.15, 0.2) is 0 Å². The third-order valence-corrected chi connectivity index (χ3v) is 3.18. The van der Waals surface area contributed by atoms with E-state index in [2.05, 4.69) is 0 Å². The van der Waals surface area contributed by atoms with Crippen LogP contribution in [0.5, 0.6) is 0 Å². The van der Waals surface area contributed by atoms with Crippen LogP contribution in [-0.4, -0.2) is 11.2 Å². The van der Waals surface area contributed by atoms with Crippen molar-refractivity contribution >= 4 is 11.6 Å². The van der Waals surface area contributed by atoms with Gasteiger partial charge in [-0.25, -0.2) is 0 Å². The number of benzene rings is 1. The Morgan fingerprint density at radius 3 is 2.53 bits per heavy atom. The molecule has 0 saturated carbocycles. The van der Waals surface area contributed by atoms with Crippen molar-refractivity contribution in [2.75, 3.05) is 0 Å². The molecular formula is C13H17ClF3NO. The van der Waals surface area contributed by atoms with Gasteiger partial charge in [-0.2, -0.15) is 13.2 Å². The van der Waals surface area contributed by atoms with Gasteiger partial charge in [-0.3, -0.25) is 0 Å². The van der Waals surface area contributed by atoms with E-state index in [0.29, 0.717) is 12.8 Å². The second-order valence-corrected chi connectivity index (χ2v) is 4.90. The zero-order valence-corrected chi connectivity index (χ0v) is 11.3. The molecule has 0 aromatic heterocycles. The van der Waals surface area contributed by atoms with Crippen LogP contribution >= 0.6 is 11.6 Å². The molecule has 0 fully saturated rings. The lowest BCUT2D eigenvalue weighted by atomic mass is 9.94. The molecule has 0 unspecified atom stereocenters. The summed E-state index contributed by atoms with van der Waals surface area (Å²) in [6.07, 6.45) is -3.61. The van der Waals surface area contributed by atoms with Gasteiger partial charge in [-0.1, -0.05) is 37.4 Å². The van der Waals surface area contributed by atoms with Crippen molar-refractivity contribution in [3.8, 4) is 0 Å². The van der Waals surface area contributed by atoms with Crippen molar-refractivity contribution in [2.24, 2.45) is 5.73 Å². The summed E-state index contributed by atoms with van der Waals surface area (Å²) in [6.45, 7) is 1.93. The number of nitrogens with two attached hydrogens (primary N) is 1. The molecule has 0 amide bonds. The number of unbranched alkanes of at least 4 members (excludes halogenated alkanes) is 1. The molecular weight excluding hydrogens is 279 g/mol. The lowest BCUT2D eigenvalue weighted by Crippen LogP contribution is -2.28. The van der Waals surface area contributed by atoms with E-state index in [4.69, 9.17) is 17.3 Å². The lowest BCUT2D eigenvalue weighted by molar-refractivity contribution is -0.138. The maximum atomic E-state index is 12.9. The summed E-state index contributed by atoms with van der Waals surface area (Å²) in [6, 6.07) is 2.34. The van der Waals surface area contributed by atoms with E-state index in [0.717, 1.165) is 12.5 Å². The number of aliphatic hydroxyl groups is 1. The number of alkyl halides is 3. The normalized spacial score (nSPS) is 15.3. The summed E-state index contributed by atoms with van der Waals surface area (Å²) < 4.78 is 38.7. The molecule has 1 rings (SSSR count). The SMILES string of the molecule is CCCC[C@@H](O)[C@@H](N)c1ccc(Cl)cc1C(F)(F)F. The molecule has 0 aliphatic rings. The molecule has 0 aliphatic heterocycles. The molecule has 19 heavy (non-hydrogen) atoms. The maximum absolute atomic E-state index is 12.9. The molecule has 2 atom stereocenters. The van der Waals surface area contributed by atoms with Crippen LogP contribution in [0.1, 0.15) is 43.4 Å². The molecule has 0 spiro atoms. The molecule has 6 heteroatoms. The van der Waals surface area contributed by atoms with Crippen LogP contribution in [0, 0.1) is 0 Å². The Morgan fingerprint density at radius 1 is 1.37 bits per heavy atom. The van der Waals surface area contributed by atoms with E-state index in [-0.39, 0.29) is 10.6 Å². The van der Waals surface area contributed by atoms with Crippen LogP contribution in [0.25, 0.3) is 0 Å². The van der Waals surface area contributed by atoms with Crippen molar-refractivity contribution in [1.82, 2.24) is 0 Å². The van der Waals surface area contributed by atoms with Gasteiger partial charge in [-0.15, -0.1) is 0 Å². The molecule has 0 aliphatic carbocycles. The zero-order valence-electron chi connectivity index (χ0n) is 10.5. The Bertz CT molecular complexity index is 423. The first kappa shape index (κ1) is 16.3. The molecule has 0 bridgehead atoms. The minimum absolute atomic E-state index is 0.00803. The van der Waals surface area contributed by atoms with E-state index in [1.54, 1.807) is 0 Å². The molecule has 0 radical (unpaired) electrons. The topological polar surface area (TPSA) is 46.2 Å². The van der Waals surface area contributed by atoms with Gasteiger partial charge in [0.25, 0.3) is 0 Å². The van der Waals surface area contributed by atoms with E-state index >= 15 is 0 Å². The average molecular weight is 296 g/mol. The monoisotopic (exact) mass is 295 g/mol. The van der Waals surface area contributed by atoms with Crippen LogP contribution in [0.3, 0.4) is 0 Å². The number of halogens is 4. The predicted molar refractivity (Wildman–Crippen MR) is 68.9 cm³/mol. The highest BCUT2D eigenvalue weighted by Crippen LogP contribution is 2.36. The fourth-order valence-corrected chi connectivity index (χ4v) is 2.04. The minimum Gasteiger partial charge on any atom is -0.391 e. The third-order valence-electron chi connectivity index (χ3n) is 2.95. The van der Waals surface area contributed by atoms with Gasteiger partial charge < -0.3 is 10.8 Å². The highest BCUT2D eigenvalue weighted by atomic mass is 35.5. The van der Waals surface area contributed by atoms with Gasteiger partial charge in [-0.05, 0) is 24.1 Å². The van der Waals surface area contributed by atoms with E-state index in [9.17, 15) is 18.3 Å². The number of hydrogen-bond acceptors (Lipinski definition) is 2. The first-order valence-electron chi connectivity index (χ1n) is 6.07. The summed E-state index contributed by atoms with van der Waals surface area (Å²) in [5.74, 6) is 0. The van der Waals surface area contributed by atoms with Crippen molar-refractivity contribution in [2.45, 2.75) is 44.5 Å². The van der Waals surface area contributed by atoms with E-state index < -0.39 is 23.9 Å². The molecule has 3 N–H and O–H groups in total. The second-order valence-electron chi connectivity index (χ2n) is 4.46. The van der Waals surface area contributed by atoms with Crippen LogP contribution in [0.15, 0.2) is 18.2 Å². The zero-order chi connectivity index (χ0) is 14.6. The molecule has 1 aromatic carbocycles. The fraction of sp³-hybridized carbons (Fsp3) is 0.538. The standard InChI is InChI=1S/C13H17ClF3NO/c1-2-3-4-11(19)12(18)9-6-5-8(14)7-10(9)13(15,16)17/h5-7,11-12,19H,2-4,18H2,1H3/t11-,12+/m1/s1. The Morgan fingerprint density at radius 2 is 2.00 bits per heavy atom. The summed E-state index contributed by atoms with van der Waals surface area (Å²) >= 11 is 5.59. The van der Waals surface area contributed by atoms with Crippen LogP contribution in [0.2, 0.25) is 5.02 Å². The quantitative estimate of drug-likeness (QED) is 0.865. The van der Waals surface area contributed by atoms with Crippen LogP contribution < -0.4 is 5.73 Å². The lowest BCUT2D eigenvalue weighted by Gasteiger charge is -2.23. The van der Waals surface area contributed by atoms with Crippen molar-refractivity contribution in [3.05, 3.63) is 34.3 Å². The largest absolute Gasteiger partial charge is 0.416 e. The molecule has 0 saturated heterocycles. The molecule has 108 valence electrons. The fourth-order valence-electron chi connectivity index (χ4n) is 1.86. The van der Waals surface area contributed by atoms with Crippen LogP contribution in [-0.2, 0) is 6.18 Å². The first-order chi connectivity index (χ1) is 8.77. The molecule has 0 heterocycles. The van der Waals surface area contributed by atoms with Crippen molar-refractivity contribution in [1.29, 1.82) is 0 Å². The van der Waals surface area contributed by atoms with Crippen molar-refractivity contribution < 1.29 is 18.3 Å². The second kappa shape index (κ2) is 6.59. The number of hydrogen-bond donors (Lipinski definition) is 2. The minimum atomic E-state index is -4.54.